The molecule has 0 bridgehead atoms. The van der Waals surface area contributed by atoms with Crippen molar-refractivity contribution >= 4 is 39.7 Å². The van der Waals surface area contributed by atoms with Crippen LogP contribution in [-0.4, -0.2) is 39.7 Å². The standard InChI is InChI=1S/C20H34O2Si2.Mg.2H/c1-12-16-13-14-17(21-23(8,9)19(2,3)4)18(15-16)22-24(10,11)20(5,6)7;;;/h1,13-15H,2-11H3;;;. The van der Waals surface area contributed by atoms with Crippen molar-refractivity contribution in [2.24, 2.45) is 0 Å². The molecule has 0 fully saturated rings. The molecule has 0 aliphatic rings. The van der Waals surface area contributed by atoms with Gasteiger partial charge in [0.25, 0.3) is 16.6 Å². The van der Waals surface area contributed by atoms with E-state index >= 15 is 0 Å². The van der Waals surface area contributed by atoms with Crippen LogP contribution >= 0.6 is 0 Å². The van der Waals surface area contributed by atoms with Crippen molar-refractivity contribution in [3.63, 3.8) is 0 Å². The van der Waals surface area contributed by atoms with E-state index in [1.807, 2.05) is 18.2 Å². The van der Waals surface area contributed by atoms with E-state index < -0.39 is 16.6 Å². The minimum atomic E-state index is -1.97. The lowest BCUT2D eigenvalue weighted by atomic mass is 10.2. The van der Waals surface area contributed by atoms with E-state index in [1.165, 1.54) is 0 Å². The van der Waals surface area contributed by atoms with Crippen LogP contribution in [0.25, 0.3) is 0 Å². The molecule has 25 heavy (non-hydrogen) atoms. The Morgan fingerprint density at radius 2 is 1.20 bits per heavy atom. The monoisotopic (exact) mass is 388 g/mol. The maximum atomic E-state index is 6.54. The Bertz CT molecular complexity index is 633. The second-order valence-electron chi connectivity index (χ2n) is 9.53. The third-order valence-electron chi connectivity index (χ3n) is 5.45. The molecule has 0 saturated carbocycles. The van der Waals surface area contributed by atoms with Gasteiger partial charge in [0, 0.05) is 5.56 Å². The molecule has 5 heteroatoms. The van der Waals surface area contributed by atoms with Gasteiger partial charge in [-0.1, -0.05) is 47.5 Å². The Morgan fingerprint density at radius 1 is 0.800 bits per heavy atom. The molecule has 0 unspecified atom stereocenters. The van der Waals surface area contributed by atoms with E-state index in [0.717, 1.165) is 17.1 Å². The van der Waals surface area contributed by atoms with Gasteiger partial charge in [-0.25, -0.2) is 0 Å². The summed E-state index contributed by atoms with van der Waals surface area (Å²) in [6.07, 6.45) is 5.59. The van der Waals surface area contributed by atoms with Gasteiger partial charge in [-0.05, 0) is 54.5 Å². The molecule has 1 rings (SSSR count). The molecule has 0 radical (unpaired) electrons. The molecule has 1 aromatic carbocycles. The first-order chi connectivity index (χ1) is 10.6. The average molecular weight is 389 g/mol. The Kier molecular flexibility index (Phi) is 7.94. The molecule has 0 amide bonds. The van der Waals surface area contributed by atoms with Crippen molar-refractivity contribution < 1.29 is 8.85 Å². The zero-order valence-electron chi connectivity index (χ0n) is 17.1. The van der Waals surface area contributed by atoms with Gasteiger partial charge in [-0.3, -0.25) is 0 Å². The van der Waals surface area contributed by atoms with Crippen LogP contribution in [0.4, 0.5) is 0 Å². The van der Waals surface area contributed by atoms with Gasteiger partial charge in [0.15, 0.2) is 0 Å². The summed E-state index contributed by atoms with van der Waals surface area (Å²) in [5.74, 6) is 4.32. The van der Waals surface area contributed by atoms with Gasteiger partial charge >= 0.3 is 23.1 Å². The van der Waals surface area contributed by atoms with E-state index in [0.29, 0.717) is 0 Å². The molecule has 0 aliphatic heterocycles. The normalized spacial score (nSPS) is 12.8. The molecular formula is C20H36MgO2Si2. The highest BCUT2D eigenvalue weighted by Gasteiger charge is 2.42. The first-order valence-electron chi connectivity index (χ1n) is 8.59. The number of terminal acetylenes is 1. The smallest absolute Gasteiger partial charge is 0.316 e. The summed E-state index contributed by atoms with van der Waals surface area (Å²) in [4.78, 5) is 0. The van der Waals surface area contributed by atoms with Crippen molar-refractivity contribution in [3.05, 3.63) is 23.8 Å². The molecule has 2 nitrogen and oxygen atoms in total. The molecule has 0 aromatic heterocycles. The van der Waals surface area contributed by atoms with Gasteiger partial charge in [-0.15, -0.1) is 6.42 Å². The van der Waals surface area contributed by atoms with Gasteiger partial charge in [0.05, 0.1) is 0 Å². The van der Waals surface area contributed by atoms with E-state index in [9.17, 15) is 0 Å². The summed E-state index contributed by atoms with van der Waals surface area (Å²) in [6.45, 7) is 22.4. The van der Waals surface area contributed by atoms with Gasteiger partial charge < -0.3 is 8.85 Å². The highest BCUT2D eigenvalue weighted by atomic mass is 28.4. The molecule has 0 heterocycles. The third-order valence-corrected chi connectivity index (χ3v) is 14.1. The minimum Gasteiger partial charge on any atom is -0.541 e. The van der Waals surface area contributed by atoms with E-state index in [4.69, 9.17) is 15.3 Å². The van der Waals surface area contributed by atoms with Crippen molar-refractivity contribution in [2.75, 3.05) is 0 Å². The summed E-state index contributed by atoms with van der Waals surface area (Å²) in [5.41, 5.74) is 0.825. The zero-order valence-corrected chi connectivity index (χ0v) is 19.1. The average Bonchev–Trinajstić information content (AvgIpc) is 2.37. The van der Waals surface area contributed by atoms with Crippen LogP contribution in [0, 0.1) is 12.3 Å². The lowest BCUT2D eigenvalue weighted by Crippen LogP contribution is -2.45. The number of rotatable bonds is 4. The molecule has 0 atom stereocenters. The van der Waals surface area contributed by atoms with Crippen LogP contribution in [-0.2, 0) is 0 Å². The quantitative estimate of drug-likeness (QED) is 0.499. The minimum absolute atomic E-state index is 0. The maximum absolute atomic E-state index is 6.54. The first-order valence-corrected chi connectivity index (χ1v) is 14.4. The Balaban J connectivity index is 0.00000576. The first kappa shape index (κ1) is 24.6. The van der Waals surface area contributed by atoms with Crippen molar-refractivity contribution in [2.45, 2.75) is 77.8 Å². The SMILES string of the molecule is C#Cc1ccc(O[Si](C)(C)C(C)(C)C)c(O[Si](C)(C)C(C)(C)C)c1.[MgH2]. The van der Waals surface area contributed by atoms with Gasteiger partial charge in [-0.2, -0.15) is 0 Å². The molecule has 0 saturated heterocycles. The molecule has 138 valence electrons. The summed E-state index contributed by atoms with van der Waals surface area (Å²) < 4.78 is 13.1. The van der Waals surface area contributed by atoms with Crippen LogP contribution in [0.1, 0.15) is 47.1 Å². The van der Waals surface area contributed by atoms with Crippen LogP contribution in [0.2, 0.25) is 36.3 Å². The largest absolute Gasteiger partial charge is 0.541 e. The Hall–Kier alpha value is -0.420. The molecule has 0 N–H and O–H groups in total. The molecule has 1 aromatic rings. The number of hydrogen-bond acceptors (Lipinski definition) is 2. The molecular weight excluding hydrogens is 353 g/mol. The fourth-order valence-electron chi connectivity index (χ4n) is 1.62. The predicted molar refractivity (Wildman–Crippen MR) is 119 cm³/mol. The lowest BCUT2D eigenvalue weighted by Gasteiger charge is -2.39. The second kappa shape index (κ2) is 8.08. The number of hydrogen-bond donors (Lipinski definition) is 0. The van der Waals surface area contributed by atoms with Crippen LogP contribution in [0.5, 0.6) is 11.5 Å². The molecule has 0 spiro atoms. The fourth-order valence-corrected chi connectivity index (χ4v) is 3.66. The molecule has 0 aliphatic carbocycles. The Morgan fingerprint density at radius 3 is 1.56 bits per heavy atom. The van der Waals surface area contributed by atoms with Crippen LogP contribution in [0.3, 0.4) is 0 Å². The highest BCUT2D eigenvalue weighted by Crippen LogP contribution is 2.43. The summed E-state index contributed by atoms with van der Waals surface area (Å²) >= 11 is 0. The van der Waals surface area contributed by atoms with E-state index in [2.05, 4.69) is 73.7 Å². The van der Waals surface area contributed by atoms with Crippen LogP contribution < -0.4 is 8.85 Å². The predicted octanol–water partition coefficient (Wildman–Crippen LogP) is 5.52. The topological polar surface area (TPSA) is 18.5 Å². The van der Waals surface area contributed by atoms with Crippen molar-refractivity contribution in [3.8, 4) is 23.8 Å². The van der Waals surface area contributed by atoms with E-state index in [1.54, 1.807) is 0 Å². The van der Waals surface area contributed by atoms with Crippen molar-refractivity contribution in [1.29, 1.82) is 0 Å². The van der Waals surface area contributed by atoms with Crippen LogP contribution in [0.15, 0.2) is 18.2 Å². The zero-order chi connectivity index (χ0) is 19.0. The second-order valence-corrected chi connectivity index (χ2v) is 19.0. The Labute approximate surface area is 173 Å². The summed E-state index contributed by atoms with van der Waals surface area (Å²) in [5, 5.41) is 0.249. The van der Waals surface area contributed by atoms with E-state index in [-0.39, 0.29) is 33.1 Å². The summed E-state index contributed by atoms with van der Waals surface area (Å²) in [6, 6.07) is 5.85. The fraction of sp³-hybridized carbons (Fsp3) is 0.600. The summed E-state index contributed by atoms with van der Waals surface area (Å²) in [7, 11) is -3.91. The lowest BCUT2D eigenvalue weighted by molar-refractivity contribution is 0.440. The van der Waals surface area contributed by atoms with Crippen molar-refractivity contribution in [1.82, 2.24) is 0 Å². The highest BCUT2D eigenvalue weighted by molar-refractivity contribution is 6.75. The van der Waals surface area contributed by atoms with Gasteiger partial charge in [0.2, 0.25) is 0 Å². The maximum Gasteiger partial charge on any atom is 0.316 e. The van der Waals surface area contributed by atoms with Gasteiger partial charge in [0.1, 0.15) is 11.5 Å². The number of benzene rings is 1. The third kappa shape index (κ3) is 6.06.